The lowest BCUT2D eigenvalue weighted by atomic mass is 9.99. The maximum atomic E-state index is 12.4. The topological polar surface area (TPSA) is 65.4 Å². The van der Waals surface area contributed by atoms with Gasteiger partial charge in [0.15, 0.2) is 0 Å². The van der Waals surface area contributed by atoms with E-state index in [1.165, 1.54) is 11.1 Å². The first-order valence-electron chi connectivity index (χ1n) is 7.96. The summed E-state index contributed by atoms with van der Waals surface area (Å²) in [7, 11) is 0. The molecule has 6 heteroatoms. The lowest BCUT2D eigenvalue weighted by Gasteiger charge is -2.25. The summed E-state index contributed by atoms with van der Waals surface area (Å²) in [4.78, 5) is 12.4. The molecule has 2 aliphatic rings. The zero-order chi connectivity index (χ0) is 15.6. The van der Waals surface area contributed by atoms with E-state index in [0.29, 0.717) is 31.2 Å². The molecule has 0 bridgehead atoms. The third-order valence-corrected chi connectivity index (χ3v) is 4.32. The van der Waals surface area contributed by atoms with E-state index in [4.69, 9.17) is 9.47 Å². The molecule has 1 N–H and O–H groups in total. The van der Waals surface area contributed by atoms with Crippen LogP contribution in [0.2, 0.25) is 0 Å². The second kappa shape index (κ2) is 6.04. The zero-order valence-corrected chi connectivity index (χ0v) is 12.8. The van der Waals surface area contributed by atoms with Gasteiger partial charge in [-0.05, 0) is 11.1 Å². The fourth-order valence-corrected chi connectivity index (χ4v) is 3.07. The summed E-state index contributed by atoms with van der Waals surface area (Å²) in [5, 5.41) is 7.14. The fraction of sp³-hybridized carbons (Fsp3) is 0.412. The summed E-state index contributed by atoms with van der Waals surface area (Å²) >= 11 is 0. The summed E-state index contributed by atoms with van der Waals surface area (Å²) in [5.41, 5.74) is 3.03. The van der Waals surface area contributed by atoms with Crippen LogP contribution in [0, 0.1) is 0 Å². The van der Waals surface area contributed by atoms with E-state index in [-0.39, 0.29) is 12.0 Å². The van der Waals surface area contributed by atoms with Crippen molar-refractivity contribution in [3.05, 3.63) is 47.2 Å². The molecular formula is C17H19N3O3. The molecule has 1 aromatic carbocycles. The van der Waals surface area contributed by atoms with E-state index in [1.54, 1.807) is 10.9 Å². The number of amides is 1. The number of carbonyl (C=O) groups excluding carboxylic acids is 1. The maximum Gasteiger partial charge on any atom is 0.258 e. The molecule has 0 radical (unpaired) electrons. The maximum absolute atomic E-state index is 12.4. The Hall–Kier alpha value is -2.34. The molecule has 1 aromatic heterocycles. The summed E-state index contributed by atoms with van der Waals surface area (Å²) in [6, 6.07) is 8.26. The Labute approximate surface area is 134 Å². The zero-order valence-electron chi connectivity index (χ0n) is 12.8. The first-order valence-corrected chi connectivity index (χ1v) is 7.96. The van der Waals surface area contributed by atoms with Crippen LogP contribution in [-0.2, 0) is 24.3 Å². The Morgan fingerprint density at radius 2 is 2.22 bits per heavy atom. The van der Waals surface area contributed by atoms with Crippen LogP contribution in [0.4, 0.5) is 0 Å². The fourth-order valence-electron chi connectivity index (χ4n) is 3.07. The van der Waals surface area contributed by atoms with Gasteiger partial charge in [0.25, 0.3) is 5.91 Å². The van der Waals surface area contributed by atoms with Gasteiger partial charge in [-0.3, -0.25) is 4.79 Å². The van der Waals surface area contributed by atoms with Gasteiger partial charge < -0.3 is 14.8 Å². The summed E-state index contributed by atoms with van der Waals surface area (Å²) in [6.07, 6.45) is 3.32. The summed E-state index contributed by atoms with van der Waals surface area (Å²) in [6.45, 7) is 2.51. The number of nitrogens with zero attached hydrogens (tertiary/aromatic N) is 2. The molecule has 1 unspecified atom stereocenters. The highest BCUT2D eigenvalue weighted by molar-refractivity contribution is 5.96. The average Bonchev–Trinajstić information content (AvgIpc) is 3.03. The van der Waals surface area contributed by atoms with E-state index in [2.05, 4.69) is 22.5 Å². The number of rotatable bonds is 3. The van der Waals surface area contributed by atoms with E-state index in [0.717, 1.165) is 19.4 Å². The molecule has 23 heavy (non-hydrogen) atoms. The standard InChI is InChI=1S/C17H19N3O3/c21-16(15-10-19-20-6-3-7-22-17(15)20)18-9-14-8-12-4-1-2-5-13(12)11-23-14/h1-2,4-5,10,14H,3,6-9,11H2,(H,18,21). The number of nitrogens with one attached hydrogen (secondary N) is 1. The lowest BCUT2D eigenvalue weighted by Crippen LogP contribution is -2.37. The van der Waals surface area contributed by atoms with Crippen molar-refractivity contribution in [3.8, 4) is 5.88 Å². The SMILES string of the molecule is O=C(NCC1Cc2ccccc2CO1)c1cnn2c1OCCC2. The Balaban J connectivity index is 1.38. The van der Waals surface area contributed by atoms with E-state index in [1.807, 2.05) is 12.1 Å². The number of benzene rings is 1. The van der Waals surface area contributed by atoms with Gasteiger partial charge in [0, 0.05) is 25.9 Å². The molecule has 1 amide bonds. The molecule has 2 aliphatic heterocycles. The van der Waals surface area contributed by atoms with Crippen molar-refractivity contribution in [1.29, 1.82) is 0 Å². The largest absolute Gasteiger partial charge is 0.477 e. The van der Waals surface area contributed by atoms with Gasteiger partial charge in [-0.1, -0.05) is 24.3 Å². The van der Waals surface area contributed by atoms with Crippen molar-refractivity contribution in [3.63, 3.8) is 0 Å². The molecule has 0 fully saturated rings. The number of aromatic nitrogens is 2. The molecule has 0 saturated heterocycles. The van der Waals surface area contributed by atoms with Crippen LogP contribution in [0.25, 0.3) is 0 Å². The second-order valence-corrected chi connectivity index (χ2v) is 5.90. The minimum absolute atomic E-state index is 0.00108. The van der Waals surface area contributed by atoms with Gasteiger partial charge in [0.2, 0.25) is 5.88 Å². The van der Waals surface area contributed by atoms with Crippen LogP contribution in [0.3, 0.4) is 0 Å². The monoisotopic (exact) mass is 313 g/mol. The molecule has 0 aliphatic carbocycles. The van der Waals surface area contributed by atoms with E-state index < -0.39 is 0 Å². The molecule has 0 saturated carbocycles. The first kappa shape index (κ1) is 14.3. The third-order valence-electron chi connectivity index (χ3n) is 4.32. The second-order valence-electron chi connectivity index (χ2n) is 5.90. The predicted octanol–water partition coefficient (Wildman–Crippen LogP) is 1.54. The lowest BCUT2D eigenvalue weighted by molar-refractivity contribution is 0.0284. The van der Waals surface area contributed by atoms with Crippen molar-refractivity contribution in [2.24, 2.45) is 0 Å². The van der Waals surface area contributed by atoms with Crippen LogP contribution in [0.5, 0.6) is 5.88 Å². The number of fused-ring (bicyclic) bond motifs is 2. The Kier molecular flexibility index (Phi) is 3.75. The van der Waals surface area contributed by atoms with Gasteiger partial charge in [-0.15, -0.1) is 0 Å². The summed E-state index contributed by atoms with van der Waals surface area (Å²) < 4.78 is 13.1. The van der Waals surface area contributed by atoms with Crippen LogP contribution < -0.4 is 10.1 Å². The normalized spacial score (nSPS) is 19.4. The molecular weight excluding hydrogens is 294 g/mol. The van der Waals surface area contributed by atoms with Crippen LogP contribution in [0.1, 0.15) is 27.9 Å². The van der Waals surface area contributed by atoms with Gasteiger partial charge in [0.1, 0.15) is 5.56 Å². The number of hydrogen-bond donors (Lipinski definition) is 1. The molecule has 1 atom stereocenters. The average molecular weight is 313 g/mol. The minimum atomic E-state index is -0.157. The highest BCUT2D eigenvalue weighted by Gasteiger charge is 2.23. The molecule has 3 heterocycles. The smallest absolute Gasteiger partial charge is 0.258 e. The van der Waals surface area contributed by atoms with Crippen LogP contribution in [-0.4, -0.2) is 34.9 Å². The highest BCUT2D eigenvalue weighted by atomic mass is 16.5. The molecule has 4 rings (SSSR count). The highest BCUT2D eigenvalue weighted by Crippen LogP contribution is 2.23. The Morgan fingerprint density at radius 1 is 1.35 bits per heavy atom. The molecule has 2 aromatic rings. The predicted molar refractivity (Wildman–Crippen MR) is 83.4 cm³/mol. The molecule has 0 spiro atoms. The number of aryl methyl sites for hydroxylation is 1. The number of carbonyl (C=O) groups is 1. The van der Waals surface area contributed by atoms with Crippen molar-refractivity contribution in [2.45, 2.75) is 32.1 Å². The third kappa shape index (κ3) is 2.82. The Morgan fingerprint density at radius 3 is 3.13 bits per heavy atom. The van der Waals surface area contributed by atoms with Crippen molar-refractivity contribution < 1.29 is 14.3 Å². The van der Waals surface area contributed by atoms with Gasteiger partial charge >= 0.3 is 0 Å². The Bertz CT molecular complexity index is 726. The minimum Gasteiger partial charge on any atom is -0.477 e. The van der Waals surface area contributed by atoms with Crippen LogP contribution in [0.15, 0.2) is 30.5 Å². The number of ether oxygens (including phenoxy) is 2. The first-order chi connectivity index (χ1) is 11.3. The van der Waals surface area contributed by atoms with Gasteiger partial charge in [-0.2, -0.15) is 5.10 Å². The summed E-state index contributed by atoms with van der Waals surface area (Å²) in [5.74, 6) is 0.416. The van der Waals surface area contributed by atoms with E-state index >= 15 is 0 Å². The molecule has 6 nitrogen and oxygen atoms in total. The van der Waals surface area contributed by atoms with Gasteiger partial charge in [0.05, 0.1) is 25.5 Å². The molecule has 120 valence electrons. The quantitative estimate of drug-likeness (QED) is 0.933. The van der Waals surface area contributed by atoms with Gasteiger partial charge in [-0.25, -0.2) is 4.68 Å². The number of hydrogen-bond acceptors (Lipinski definition) is 4. The van der Waals surface area contributed by atoms with Crippen molar-refractivity contribution in [1.82, 2.24) is 15.1 Å². The van der Waals surface area contributed by atoms with E-state index in [9.17, 15) is 4.79 Å². The van der Waals surface area contributed by atoms with Crippen molar-refractivity contribution >= 4 is 5.91 Å². The van der Waals surface area contributed by atoms with Crippen LogP contribution >= 0.6 is 0 Å². The van der Waals surface area contributed by atoms with Crippen molar-refractivity contribution in [2.75, 3.05) is 13.2 Å².